The van der Waals surface area contributed by atoms with Crippen LogP contribution in [0.1, 0.15) is 38.2 Å². The highest BCUT2D eigenvalue weighted by atomic mass is 79.9. The highest BCUT2D eigenvalue weighted by Crippen LogP contribution is 2.30. The molecule has 9 nitrogen and oxygen atoms in total. The van der Waals surface area contributed by atoms with E-state index in [1.807, 2.05) is 50.2 Å². The van der Waals surface area contributed by atoms with Crippen molar-refractivity contribution in [3.8, 4) is 11.5 Å². The Balaban J connectivity index is 1.27. The second-order valence-electron chi connectivity index (χ2n) is 10.3. The number of sulfonamides is 1. The molecule has 1 aromatic heterocycles. The SMILES string of the molecule is CCOc1ccc(CCNc2nc([C@H](C)N3CCN(S(=O)(=O)c4ccc(Br)cc4)CC3)nc3ccccc23)cc1OCC. The highest BCUT2D eigenvalue weighted by Gasteiger charge is 2.31. The Hall–Kier alpha value is -3.25. The van der Waals surface area contributed by atoms with Crippen molar-refractivity contribution < 1.29 is 17.9 Å². The number of hydrogen-bond acceptors (Lipinski definition) is 8. The van der Waals surface area contributed by atoms with Crippen LogP contribution in [0.25, 0.3) is 10.9 Å². The first-order chi connectivity index (χ1) is 20.8. The number of hydrogen-bond donors (Lipinski definition) is 1. The molecule has 0 bridgehead atoms. The summed E-state index contributed by atoms with van der Waals surface area (Å²) in [6.07, 6.45) is 0.782. The molecule has 11 heteroatoms. The average Bonchev–Trinajstić information content (AvgIpc) is 3.02. The van der Waals surface area contributed by atoms with Crippen molar-refractivity contribution in [3.05, 3.63) is 82.6 Å². The maximum Gasteiger partial charge on any atom is 0.243 e. The summed E-state index contributed by atoms with van der Waals surface area (Å²) >= 11 is 3.37. The molecule has 4 aromatic rings. The van der Waals surface area contributed by atoms with Crippen molar-refractivity contribution in [2.75, 3.05) is 51.3 Å². The molecule has 0 aliphatic carbocycles. The van der Waals surface area contributed by atoms with Gasteiger partial charge in [-0.3, -0.25) is 4.90 Å². The lowest BCUT2D eigenvalue weighted by Crippen LogP contribution is -2.49. The fraction of sp³-hybridized carbons (Fsp3) is 0.375. The minimum atomic E-state index is -3.54. The van der Waals surface area contributed by atoms with Gasteiger partial charge in [0.05, 0.1) is 29.7 Å². The first-order valence-electron chi connectivity index (χ1n) is 14.7. The first-order valence-corrected chi connectivity index (χ1v) is 16.9. The number of ether oxygens (including phenoxy) is 2. The highest BCUT2D eigenvalue weighted by molar-refractivity contribution is 9.10. The summed E-state index contributed by atoms with van der Waals surface area (Å²) in [6.45, 7) is 9.86. The monoisotopic (exact) mass is 667 g/mol. The topological polar surface area (TPSA) is 96.9 Å². The van der Waals surface area contributed by atoms with E-state index in [1.54, 1.807) is 28.6 Å². The molecule has 0 saturated carbocycles. The van der Waals surface area contributed by atoms with Crippen LogP contribution in [0.15, 0.2) is 76.1 Å². The van der Waals surface area contributed by atoms with E-state index in [9.17, 15) is 8.42 Å². The van der Waals surface area contributed by atoms with Gasteiger partial charge in [0.25, 0.3) is 0 Å². The van der Waals surface area contributed by atoms with Gasteiger partial charge in [0, 0.05) is 42.6 Å². The van der Waals surface area contributed by atoms with Gasteiger partial charge in [0.1, 0.15) is 11.6 Å². The Bertz CT molecular complexity index is 1640. The molecule has 1 aliphatic heterocycles. The van der Waals surface area contributed by atoms with Gasteiger partial charge in [0.15, 0.2) is 11.5 Å². The molecule has 0 spiro atoms. The fourth-order valence-corrected chi connectivity index (χ4v) is 6.93. The molecule has 2 heterocycles. The zero-order chi connectivity index (χ0) is 30.4. The Morgan fingerprint density at radius 3 is 2.33 bits per heavy atom. The number of fused-ring (bicyclic) bond motifs is 1. The lowest BCUT2D eigenvalue weighted by Gasteiger charge is -2.36. The number of anilines is 1. The number of nitrogens with zero attached hydrogens (tertiary/aromatic N) is 4. The lowest BCUT2D eigenvalue weighted by atomic mass is 10.1. The molecule has 43 heavy (non-hydrogen) atoms. The molecule has 1 N–H and O–H groups in total. The van der Waals surface area contributed by atoms with E-state index < -0.39 is 10.0 Å². The van der Waals surface area contributed by atoms with Crippen LogP contribution in [0, 0.1) is 0 Å². The number of para-hydroxylation sites is 1. The smallest absolute Gasteiger partial charge is 0.243 e. The largest absolute Gasteiger partial charge is 0.490 e. The van der Waals surface area contributed by atoms with Crippen molar-refractivity contribution in [3.63, 3.8) is 0 Å². The maximum absolute atomic E-state index is 13.2. The molecule has 0 radical (unpaired) electrons. The Morgan fingerprint density at radius 1 is 0.907 bits per heavy atom. The first kappa shape index (κ1) is 31.2. The molecule has 0 amide bonds. The van der Waals surface area contributed by atoms with E-state index in [2.05, 4.69) is 39.1 Å². The summed E-state index contributed by atoms with van der Waals surface area (Å²) in [4.78, 5) is 12.4. The van der Waals surface area contributed by atoms with Crippen LogP contribution in [0.4, 0.5) is 5.82 Å². The number of piperazine rings is 1. The van der Waals surface area contributed by atoms with Crippen LogP contribution in [-0.4, -0.2) is 73.5 Å². The van der Waals surface area contributed by atoms with Crippen molar-refractivity contribution in [2.45, 2.75) is 38.1 Å². The summed E-state index contributed by atoms with van der Waals surface area (Å²) < 4.78 is 40.3. The zero-order valence-corrected chi connectivity index (χ0v) is 27.2. The molecule has 3 aromatic carbocycles. The van der Waals surface area contributed by atoms with Gasteiger partial charge in [-0.15, -0.1) is 0 Å². The van der Waals surface area contributed by atoms with Gasteiger partial charge >= 0.3 is 0 Å². The fourth-order valence-electron chi connectivity index (χ4n) is 5.24. The van der Waals surface area contributed by atoms with E-state index in [0.717, 1.165) is 44.7 Å². The van der Waals surface area contributed by atoms with Crippen LogP contribution in [-0.2, 0) is 16.4 Å². The van der Waals surface area contributed by atoms with E-state index in [4.69, 9.17) is 19.4 Å². The lowest BCUT2D eigenvalue weighted by molar-refractivity contribution is 0.141. The molecule has 1 saturated heterocycles. The number of nitrogens with one attached hydrogen (secondary N) is 1. The van der Waals surface area contributed by atoms with Gasteiger partial charge in [-0.05, 0) is 81.3 Å². The van der Waals surface area contributed by atoms with Crippen LogP contribution >= 0.6 is 15.9 Å². The van der Waals surface area contributed by atoms with E-state index in [1.165, 1.54) is 0 Å². The van der Waals surface area contributed by atoms with Gasteiger partial charge in [-0.2, -0.15) is 4.31 Å². The minimum absolute atomic E-state index is 0.0810. The molecule has 1 aliphatic rings. The zero-order valence-electron chi connectivity index (χ0n) is 24.8. The van der Waals surface area contributed by atoms with Crippen LogP contribution in [0.5, 0.6) is 11.5 Å². The predicted molar refractivity (Wildman–Crippen MR) is 173 cm³/mol. The molecular formula is C32H38BrN5O4S. The molecule has 1 atom stereocenters. The molecule has 228 valence electrons. The molecule has 5 rings (SSSR count). The maximum atomic E-state index is 13.2. The van der Waals surface area contributed by atoms with E-state index in [-0.39, 0.29) is 6.04 Å². The third kappa shape index (κ3) is 7.29. The summed E-state index contributed by atoms with van der Waals surface area (Å²) in [6, 6.07) is 20.8. The summed E-state index contributed by atoms with van der Waals surface area (Å²) in [7, 11) is -3.54. The van der Waals surface area contributed by atoms with Crippen molar-refractivity contribution in [2.24, 2.45) is 0 Å². The Morgan fingerprint density at radius 2 is 1.60 bits per heavy atom. The van der Waals surface area contributed by atoms with E-state index >= 15 is 0 Å². The van der Waals surface area contributed by atoms with Crippen LogP contribution in [0.2, 0.25) is 0 Å². The third-order valence-corrected chi connectivity index (χ3v) is 10.0. The summed E-state index contributed by atoms with van der Waals surface area (Å²) in [5, 5.41) is 4.51. The van der Waals surface area contributed by atoms with Crippen LogP contribution < -0.4 is 14.8 Å². The number of aromatic nitrogens is 2. The second kappa shape index (κ2) is 14.0. The Labute approximate surface area is 262 Å². The molecule has 1 fully saturated rings. The predicted octanol–water partition coefficient (Wildman–Crippen LogP) is 5.91. The van der Waals surface area contributed by atoms with E-state index in [0.29, 0.717) is 56.7 Å². The number of benzene rings is 3. The molecular weight excluding hydrogens is 630 g/mol. The minimum Gasteiger partial charge on any atom is -0.490 e. The van der Waals surface area contributed by atoms with Gasteiger partial charge in [-0.25, -0.2) is 18.4 Å². The average molecular weight is 669 g/mol. The van der Waals surface area contributed by atoms with Crippen molar-refractivity contribution in [1.82, 2.24) is 19.2 Å². The third-order valence-electron chi connectivity index (χ3n) is 7.58. The number of halogens is 1. The van der Waals surface area contributed by atoms with Gasteiger partial charge < -0.3 is 14.8 Å². The second-order valence-corrected chi connectivity index (χ2v) is 13.2. The quantitative estimate of drug-likeness (QED) is 0.199. The normalized spacial score (nSPS) is 15.3. The summed E-state index contributed by atoms with van der Waals surface area (Å²) in [5.41, 5.74) is 2.01. The standard InChI is InChI=1S/C32H38BrN5O4S/c1-4-41-29-15-10-24(22-30(29)42-5-2)16-17-34-32-27-8-6-7-9-28(27)35-31(36-32)23(3)37-18-20-38(21-19-37)43(39,40)26-13-11-25(33)12-14-26/h6-15,22-23H,4-5,16-21H2,1-3H3,(H,34,35,36)/t23-/m0/s1. The van der Waals surface area contributed by atoms with Gasteiger partial charge in [0.2, 0.25) is 10.0 Å². The Kier molecular flexibility index (Phi) is 10.2. The van der Waals surface area contributed by atoms with Gasteiger partial charge in [-0.1, -0.05) is 34.1 Å². The summed E-state index contributed by atoms with van der Waals surface area (Å²) in [5.74, 6) is 3.02. The number of rotatable bonds is 12. The molecule has 0 unspecified atom stereocenters. The van der Waals surface area contributed by atoms with Crippen LogP contribution in [0.3, 0.4) is 0 Å². The van der Waals surface area contributed by atoms with Crippen molar-refractivity contribution in [1.29, 1.82) is 0 Å². The van der Waals surface area contributed by atoms with Crippen molar-refractivity contribution >= 4 is 42.7 Å².